The van der Waals surface area contributed by atoms with E-state index in [2.05, 4.69) is 64.1 Å². The van der Waals surface area contributed by atoms with Crippen molar-refractivity contribution in [2.45, 2.75) is 45.4 Å². The second kappa shape index (κ2) is 11.4. The van der Waals surface area contributed by atoms with E-state index < -0.39 is 0 Å². The number of benzene rings is 3. The summed E-state index contributed by atoms with van der Waals surface area (Å²) >= 11 is 0. The van der Waals surface area contributed by atoms with Crippen LogP contribution in [-0.2, 0) is 30.7 Å². The molecular weight excluding hydrogens is 498 g/mol. The summed E-state index contributed by atoms with van der Waals surface area (Å²) in [6.45, 7) is 5.59. The topological polar surface area (TPSA) is 54.8 Å². The summed E-state index contributed by atoms with van der Waals surface area (Å²) in [5.41, 5.74) is 5.55. The summed E-state index contributed by atoms with van der Waals surface area (Å²) in [5.74, 6) is -0.183. The van der Waals surface area contributed by atoms with Crippen molar-refractivity contribution >= 4 is 16.7 Å². The van der Waals surface area contributed by atoms with E-state index in [-0.39, 0.29) is 23.5 Å². The van der Waals surface area contributed by atoms with Gasteiger partial charge in [0.25, 0.3) is 5.91 Å². The van der Waals surface area contributed by atoms with Crippen LogP contribution in [-0.4, -0.2) is 59.6 Å². The lowest BCUT2D eigenvalue weighted by atomic mass is 9.87. The molecule has 0 radical (unpaired) electrons. The van der Waals surface area contributed by atoms with E-state index in [1.165, 1.54) is 21.9 Å². The zero-order valence-corrected chi connectivity index (χ0v) is 23.4. The molecule has 40 heavy (non-hydrogen) atoms. The SMILES string of the molecule is COCc1c(C(=O)N2CCN(C3CCc4ccccc4C3)CC2)c(=O)cc(C)n1Cc1cccc2ccccc12. The second-order valence-electron chi connectivity index (χ2n) is 11.1. The third kappa shape index (κ3) is 5.09. The molecular formula is C34H37N3O3. The first-order valence-corrected chi connectivity index (χ1v) is 14.3. The van der Waals surface area contributed by atoms with Gasteiger partial charge in [-0.3, -0.25) is 14.5 Å². The zero-order valence-electron chi connectivity index (χ0n) is 23.4. The Morgan fingerprint density at radius 3 is 2.45 bits per heavy atom. The van der Waals surface area contributed by atoms with Crippen LogP contribution in [0.4, 0.5) is 0 Å². The minimum absolute atomic E-state index is 0.183. The zero-order chi connectivity index (χ0) is 27.6. The number of rotatable bonds is 6. The molecule has 3 aromatic carbocycles. The molecule has 1 unspecified atom stereocenters. The van der Waals surface area contributed by atoms with Gasteiger partial charge >= 0.3 is 0 Å². The molecule has 1 aromatic heterocycles. The van der Waals surface area contributed by atoms with Crippen LogP contribution in [0.1, 0.15) is 44.9 Å². The van der Waals surface area contributed by atoms with Crippen LogP contribution in [0.3, 0.4) is 0 Å². The maximum absolute atomic E-state index is 13.9. The van der Waals surface area contributed by atoms with E-state index in [0.29, 0.717) is 31.4 Å². The number of methoxy groups -OCH3 is 1. The summed E-state index contributed by atoms with van der Waals surface area (Å²) in [5, 5.41) is 2.34. The van der Waals surface area contributed by atoms with Gasteiger partial charge in [-0.25, -0.2) is 0 Å². The molecule has 0 N–H and O–H groups in total. The van der Waals surface area contributed by atoms with E-state index >= 15 is 0 Å². The summed E-state index contributed by atoms with van der Waals surface area (Å²) in [6.07, 6.45) is 3.33. The molecule has 1 fully saturated rings. The van der Waals surface area contributed by atoms with E-state index in [4.69, 9.17) is 4.74 Å². The van der Waals surface area contributed by atoms with Gasteiger partial charge in [0.2, 0.25) is 0 Å². The molecule has 1 saturated heterocycles. The second-order valence-corrected chi connectivity index (χ2v) is 11.1. The Morgan fingerprint density at radius 2 is 1.65 bits per heavy atom. The molecule has 1 aliphatic heterocycles. The molecule has 6 heteroatoms. The highest BCUT2D eigenvalue weighted by molar-refractivity contribution is 5.95. The molecule has 1 aliphatic carbocycles. The Hall–Kier alpha value is -3.74. The van der Waals surface area contributed by atoms with Crippen molar-refractivity contribution in [1.29, 1.82) is 0 Å². The van der Waals surface area contributed by atoms with Crippen LogP contribution in [0.5, 0.6) is 0 Å². The first-order valence-electron chi connectivity index (χ1n) is 14.3. The van der Waals surface area contributed by atoms with Crippen LogP contribution in [0.25, 0.3) is 10.8 Å². The third-order valence-electron chi connectivity index (χ3n) is 8.77. The number of aryl methyl sites for hydroxylation is 2. The van der Waals surface area contributed by atoms with Crippen molar-refractivity contribution in [2.75, 3.05) is 33.3 Å². The number of amides is 1. The van der Waals surface area contributed by atoms with E-state index in [1.807, 2.05) is 24.0 Å². The smallest absolute Gasteiger partial charge is 0.259 e. The summed E-state index contributed by atoms with van der Waals surface area (Å²) in [4.78, 5) is 31.7. The van der Waals surface area contributed by atoms with Crippen molar-refractivity contribution in [3.05, 3.63) is 117 Å². The summed E-state index contributed by atoms with van der Waals surface area (Å²) in [6, 6.07) is 25.4. The number of piperazine rings is 1. The number of aromatic nitrogens is 1. The van der Waals surface area contributed by atoms with Gasteiger partial charge < -0.3 is 14.2 Å². The number of carbonyl (C=O) groups is 1. The van der Waals surface area contributed by atoms with Gasteiger partial charge in [0.1, 0.15) is 5.56 Å². The minimum atomic E-state index is -0.227. The van der Waals surface area contributed by atoms with Crippen LogP contribution in [0.2, 0.25) is 0 Å². The molecule has 2 aliphatic rings. The molecule has 6 nitrogen and oxygen atoms in total. The van der Waals surface area contributed by atoms with Crippen molar-refractivity contribution in [3.8, 4) is 0 Å². The Balaban J connectivity index is 1.24. The standard InChI is InChI=1S/C34H37N3O3/c1-24-20-32(38)33(31(23-40-2)37(24)22-28-12-7-11-26-9-5-6-13-30(26)28)34(39)36-18-16-35(17-19-36)29-15-14-25-8-3-4-10-27(25)21-29/h3-13,20,29H,14-19,21-23H2,1-2H3. The molecule has 4 aromatic rings. The molecule has 6 rings (SSSR count). The fourth-order valence-corrected chi connectivity index (χ4v) is 6.60. The highest BCUT2D eigenvalue weighted by Crippen LogP contribution is 2.26. The van der Waals surface area contributed by atoms with Crippen molar-refractivity contribution in [2.24, 2.45) is 0 Å². The Labute approximate surface area is 235 Å². The van der Waals surface area contributed by atoms with Gasteiger partial charge in [0.05, 0.1) is 12.3 Å². The van der Waals surface area contributed by atoms with Crippen LogP contribution < -0.4 is 5.43 Å². The summed E-state index contributed by atoms with van der Waals surface area (Å²) < 4.78 is 7.65. The number of hydrogen-bond acceptors (Lipinski definition) is 4. The van der Waals surface area contributed by atoms with Gasteiger partial charge in [-0.1, -0.05) is 66.7 Å². The molecule has 0 spiro atoms. The maximum Gasteiger partial charge on any atom is 0.259 e. The van der Waals surface area contributed by atoms with Gasteiger partial charge in [-0.05, 0) is 53.6 Å². The summed E-state index contributed by atoms with van der Waals surface area (Å²) in [7, 11) is 1.62. The van der Waals surface area contributed by atoms with Gasteiger partial charge in [-0.2, -0.15) is 0 Å². The van der Waals surface area contributed by atoms with Gasteiger partial charge in [-0.15, -0.1) is 0 Å². The number of ether oxygens (including phenoxy) is 1. The monoisotopic (exact) mass is 535 g/mol. The van der Waals surface area contributed by atoms with E-state index in [1.54, 1.807) is 13.2 Å². The Kier molecular flexibility index (Phi) is 7.55. The number of hydrogen-bond donors (Lipinski definition) is 0. The van der Waals surface area contributed by atoms with E-state index in [0.717, 1.165) is 43.6 Å². The number of pyridine rings is 1. The highest BCUT2D eigenvalue weighted by Gasteiger charge is 2.31. The largest absolute Gasteiger partial charge is 0.378 e. The average Bonchev–Trinajstić information content (AvgIpc) is 2.99. The van der Waals surface area contributed by atoms with Crippen LogP contribution >= 0.6 is 0 Å². The normalized spacial score (nSPS) is 17.6. The Bertz CT molecular complexity index is 1590. The fourth-order valence-electron chi connectivity index (χ4n) is 6.60. The number of carbonyl (C=O) groups excluding carboxylic acids is 1. The van der Waals surface area contributed by atoms with Crippen molar-refractivity contribution in [3.63, 3.8) is 0 Å². The van der Waals surface area contributed by atoms with Gasteiger partial charge in [0.15, 0.2) is 5.43 Å². The average molecular weight is 536 g/mol. The first kappa shape index (κ1) is 26.5. The molecule has 206 valence electrons. The predicted molar refractivity (Wildman–Crippen MR) is 159 cm³/mol. The molecule has 1 atom stereocenters. The van der Waals surface area contributed by atoms with E-state index in [9.17, 15) is 9.59 Å². The number of nitrogens with zero attached hydrogens (tertiary/aromatic N) is 3. The minimum Gasteiger partial charge on any atom is -0.378 e. The molecule has 2 heterocycles. The highest BCUT2D eigenvalue weighted by atomic mass is 16.5. The third-order valence-corrected chi connectivity index (χ3v) is 8.77. The fraction of sp³-hybridized carbons (Fsp3) is 0.353. The lowest BCUT2D eigenvalue weighted by molar-refractivity contribution is 0.0546. The number of fused-ring (bicyclic) bond motifs is 2. The maximum atomic E-state index is 13.9. The quantitative estimate of drug-likeness (QED) is 0.355. The van der Waals surface area contributed by atoms with Crippen LogP contribution in [0.15, 0.2) is 77.6 Å². The molecule has 0 saturated carbocycles. The predicted octanol–water partition coefficient (Wildman–Crippen LogP) is 4.82. The molecule has 0 bridgehead atoms. The molecule has 1 amide bonds. The van der Waals surface area contributed by atoms with Crippen molar-refractivity contribution in [1.82, 2.24) is 14.4 Å². The van der Waals surface area contributed by atoms with Crippen LogP contribution in [0, 0.1) is 6.92 Å². The van der Waals surface area contributed by atoms with Gasteiger partial charge in [0, 0.05) is 57.6 Å². The first-order chi connectivity index (χ1) is 19.5. The lowest BCUT2D eigenvalue weighted by Gasteiger charge is -2.41. The van der Waals surface area contributed by atoms with Crippen molar-refractivity contribution < 1.29 is 9.53 Å². The Morgan fingerprint density at radius 1 is 0.925 bits per heavy atom. The lowest BCUT2D eigenvalue weighted by Crippen LogP contribution is -2.53.